The van der Waals surface area contributed by atoms with Crippen LogP contribution in [0.1, 0.15) is 19.8 Å². The predicted octanol–water partition coefficient (Wildman–Crippen LogP) is 1.84. The Morgan fingerprint density at radius 2 is 2.24 bits per heavy atom. The smallest absolute Gasteiger partial charge is 0.217 e. The van der Waals surface area contributed by atoms with Gasteiger partial charge in [-0.3, -0.25) is 9.78 Å². The Hall–Kier alpha value is -1.29. The van der Waals surface area contributed by atoms with E-state index in [1.807, 2.05) is 6.07 Å². The first-order chi connectivity index (χ1) is 8.16. The summed E-state index contributed by atoms with van der Waals surface area (Å²) in [5.41, 5.74) is 1.03. The molecular formula is C12H16ClN3O. The van der Waals surface area contributed by atoms with E-state index in [2.05, 4.69) is 15.2 Å². The highest BCUT2D eigenvalue weighted by molar-refractivity contribution is 6.33. The molecule has 2 rings (SSSR count). The zero-order valence-corrected chi connectivity index (χ0v) is 10.6. The molecule has 4 nitrogen and oxygen atoms in total. The third kappa shape index (κ3) is 3.09. The fourth-order valence-corrected chi connectivity index (χ4v) is 2.42. The minimum Gasteiger partial charge on any atom is -0.370 e. The molecule has 0 aromatic carbocycles. The first-order valence-electron chi connectivity index (χ1n) is 5.78. The summed E-state index contributed by atoms with van der Waals surface area (Å²) in [6.45, 7) is 3.38. The molecule has 1 aliphatic heterocycles. The maximum Gasteiger partial charge on any atom is 0.217 e. The predicted molar refractivity (Wildman–Crippen MR) is 68.3 cm³/mol. The molecule has 1 fully saturated rings. The van der Waals surface area contributed by atoms with Gasteiger partial charge in [-0.1, -0.05) is 11.6 Å². The molecule has 1 aliphatic rings. The molecule has 1 aromatic rings. The lowest BCUT2D eigenvalue weighted by atomic mass is 10.0. The Morgan fingerprint density at radius 3 is 2.82 bits per heavy atom. The van der Waals surface area contributed by atoms with Crippen molar-refractivity contribution in [2.75, 3.05) is 18.0 Å². The van der Waals surface area contributed by atoms with Crippen molar-refractivity contribution < 1.29 is 4.79 Å². The molecular weight excluding hydrogens is 238 g/mol. The van der Waals surface area contributed by atoms with Gasteiger partial charge < -0.3 is 10.2 Å². The van der Waals surface area contributed by atoms with E-state index in [0.29, 0.717) is 11.1 Å². The van der Waals surface area contributed by atoms with Crippen molar-refractivity contribution in [3.63, 3.8) is 0 Å². The molecule has 0 atom stereocenters. The maximum absolute atomic E-state index is 11.0. The highest BCUT2D eigenvalue weighted by atomic mass is 35.5. The molecule has 92 valence electrons. The number of nitrogens with zero attached hydrogens (tertiary/aromatic N) is 2. The van der Waals surface area contributed by atoms with Gasteiger partial charge in [-0.2, -0.15) is 0 Å². The van der Waals surface area contributed by atoms with Gasteiger partial charge >= 0.3 is 0 Å². The molecule has 0 bridgehead atoms. The van der Waals surface area contributed by atoms with Crippen LogP contribution in [0, 0.1) is 0 Å². The number of carbonyl (C=O) groups excluding carboxylic acids is 1. The third-order valence-electron chi connectivity index (χ3n) is 2.99. The first kappa shape index (κ1) is 12.2. The van der Waals surface area contributed by atoms with E-state index in [4.69, 9.17) is 11.6 Å². The summed E-state index contributed by atoms with van der Waals surface area (Å²) >= 11 is 6.10. The Morgan fingerprint density at radius 1 is 1.53 bits per heavy atom. The minimum absolute atomic E-state index is 0.0467. The van der Waals surface area contributed by atoms with Crippen molar-refractivity contribution in [1.29, 1.82) is 0 Å². The van der Waals surface area contributed by atoms with Crippen LogP contribution in [0.2, 0.25) is 5.02 Å². The van der Waals surface area contributed by atoms with Gasteiger partial charge in [-0.25, -0.2) is 0 Å². The summed E-state index contributed by atoms with van der Waals surface area (Å²) in [4.78, 5) is 17.2. The van der Waals surface area contributed by atoms with Gasteiger partial charge in [-0.15, -0.1) is 0 Å². The number of carbonyl (C=O) groups is 1. The lowest BCUT2D eigenvalue weighted by Gasteiger charge is -2.34. The molecule has 0 unspecified atom stereocenters. The number of pyridine rings is 1. The number of halogens is 1. The van der Waals surface area contributed by atoms with Crippen molar-refractivity contribution in [3.05, 3.63) is 23.5 Å². The van der Waals surface area contributed by atoms with Crippen LogP contribution in [0.3, 0.4) is 0 Å². The summed E-state index contributed by atoms with van der Waals surface area (Å²) in [5, 5.41) is 3.64. The van der Waals surface area contributed by atoms with Gasteiger partial charge in [0.2, 0.25) is 5.91 Å². The standard InChI is InChI=1S/C12H16ClN3O/c1-9(17)15-10-3-6-16(7-4-10)12-2-5-14-8-11(12)13/h2,5,8,10H,3-4,6-7H2,1H3,(H,15,17). The van der Waals surface area contributed by atoms with Crippen LogP contribution in [-0.2, 0) is 4.79 Å². The van der Waals surface area contributed by atoms with E-state index in [-0.39, 0.29) is 5.91 Å². The highest BCUT2D eigenvalue weighted by Crippen LogP contribution is 2.26. The van der Waals surface area contributed by atoms with Gasteiger partial charge in [0, 0.05) is 38.4 Å². The molecule has 17 heavy (non-hydrogen) atoms. The molecule has 0 saturated carbocycles. The van der Waals surface area contributed by atoms with Crippen LogP contribution in [-0.4, -0.2) is 30.0 Å². The van der Waals surface area contributed by atoms with Crippen LogP contribution < -0.4 is 10.2 Å². The summed E-state index contributed by atoms with van der Waals surface area (Å²) in [6.07, 6.45) is 5.33. The monoisotopic (exact) mass is 253 g/mol. The van der Waals surface area contributed by atoms with E-state index in [1.165, 1.54) is 0 Å². The average Bonchev–Trinajstić information content (AvgIpc) is 2.30. The van der Waals surface area contributed by atoms with Crippen LogP contribution in [0.15, 0.2) is 18.5 Å². The molecule has 0 spiro atoms. The quantitative estimate of drug-likeness (QED) is 0.875. The van der Waals surface area contributed by atoms with Crippen molar-refractivity contribution >= 4 is 23.2 Å². The fourth-order valence-electron chi connectivity index (χ4n) is 2.18. The second kappa shape index (κ2) is 5.36. The molecule has 5 heteroatoms. The Balaban J connectivity index is 1.95. The number of hydrogen-bond acceptors (Lipinski definition) is 3. The second-order valence-corrected chi connectivity index (χ2v) is 4.70. The minimum atomic E-state index is 0.0467. The average molecular weight is 254 g/mol. The van der Waals surface area contributed by atoms with Gasteiger partial charge in [-0.05, 0) is 18.9 Å². The summed E-state index contributed by atoms with van der Waals surface area (Å²) in [7, 11) is 0. The van der Waals surface area contributed by atoms with Crippen LogP contribution in [0.25, 0.3) is 0 Å². The lowest BCUT2D eigenvalue weighted by Crippen LogP contribution is -2.44. The molecule has 1 aromatic heterocycles. The number of rotatable bonds is 2. The zero-order chi connectivity index (χ0) is 12.3. The molecule has 1 N–H and O–H groups in total. The van der Waals surface area contributed by atoms with Crippen LogP contribution >= 0.6 is 11.6 Å². The third-order valence-corrected chi connectivity index (χ3v) is 3.29. The SMILES string of the molecule is CC(=O)NC1CCN(c2ccncc2Cl)CC1. The van der Waals surface area contributed by atoms with E-state index in [9.17, 15) is 4.79 Å². The van der Waals surface area contributed by atoms with Crippen molar-refractivity contribution in [2.45, 2.75) is 25.8 Å². The van der Waals surface area contributed by atoms with E-state index >= 15 is 0 Å². The normalized spacial score (nSPS) is 16.9. The van der Waals surface area contributed by atoms with Crippen LogP contribution in [0.4, 0.5) is 5.69 Å². The van der Waals surface area contributed by atoms with Gasteiger partial charge in [0.1, 0.15) is 0 Å². The molecule has 2 heterocycles. The topological polar surface area (TPSA) is 45.2 Å². The number of hydrogen-bond donors (Lipinski definition) is 1. The summed E-state index contributed by atoms with van der Waals surface area (Å²) in [6, 6.07) is 2.23. The number of piperidine rings is 1. The van der Waals surface area contributed by atoms with E-state index in [1.54, 1.807) is 19.3 Å². The number of aromatic nitrogens is 1. The van der Waals surface area contributed by atoms with Gasteiger partial charge in [0.05, 0.1) is 10.7 Å². The molecule has 1 amide bonds. The molecule has 1 saturated heterocycles. The molecule has 0 aliphatic carbocycles. The second-order valence-electron chi connectivity index (χ2n) is 4.29. The largest absolute Gasteiger partial charge is 0.370 e. The Labute approximate surface area is 106 Å². The summed E-state index contributed by atoms with van der Waals surface area (Å²) < 4.78 is 0. The van der Waals surface area contributed by atoms with Crippen LogP contribution in [0.5, 0.6) is 0 Å². The molecule has 0 radical (unpaired) electrons. The Kier molecular flexibility index (Phi) is 3.84. The Bertz CT molecular complexity index is 402. The highest BCUT2D eigenvalue weighted by Gasteiger charge is 2.20. The zero-order valence-electron chi connectivity index (χ0n) is 9.82. The first-order valence-corrected chi connectivity index (χ1v) is 6.16. The lowest BCUT2D eigenvalue weighted by molar-refractivity contribution is -0.119. The van der Waals surface area contributed by atoms with Gasteiger partial charge in [0.15, 0.2) is 0 Å². The summed E-state index contributed by atoms with van der Waals surface area (Å²) in [5.74, 6) is 0.0467. The van der Waals surface area contributed by atoms with Crippen molar-refractivity contribution in [1.82, 2.24) is 10.3 Å². The number of amides is 1. The van der Waals surface area contributed by atoms with E-state index in [0.717, 1.165) is 31.6 Å². The number of nitrogens with one attached hydrogen (secondary N) is 1. The van der Waals surface area contributed by atoms with E-state index < -0.39 is 0 Å². The fraction of sp³-hybridized carbons (Fsp3) is 0.500. The maximum atomic E-state index is 11.0. The van der Waals surface area contributed by atoms with Crippen molar-refractivity contribution in [3.8, 4) is 0 Å². The number of anilines is 1. The van der Waals surface area contributed by atoms with Crippen molar-refractivity contribution in [2.24, 2.45) is 0 Å². The van der Waals surface area contributed by atoms with Gasteiger partial charge in [0.25, 0.3) is 0 Å².